The fourth-order valence-corrected chi connectivity index (χ4v) is 2.78. The normalized spacial score (nSPS) is 11.9. The lowest BCUT2D eigenvalue weighted by Crippen LogP contribution is -2.41. The highest BCUT2D eigenvalue weighted by Crippen LogP contribution is 2.31. The third-order valence-corrected chi connectivity index (χ3v) is 4.33. The molecule has 9 heteroatoms. The van der Waals surface area contributed by atoms with Crippen molar-refractivity contribution in [2.75, 3.05) is 19.8 Å². The van der Waals surface area contributed by atoms with Gasteiger partial charge in [0.2, 0.25) is 0 Å². The molecule has 9 nitrogen and oxygen atoms in total. The van der Waals surface area contributed by atoms with Gasteiger partial charge in [-0.05, 0) is 23.8 Å². The summed E-state index contributed by atoms with van der Waals surface area (Å²) in [6.07, 6.45) is -0.279. The topological polar surface area (TPSA) is 120 Å². The predicted octanol–water partition coefficient (Wildman–Crippen LogP) is 1.99. The number of benzene rings is 2. The molecular weight excluding hydrogens is 404 g/mol. The molecule has 0 saturated heterocycles. The van der Waals surface area contributed by atoms with Crippen LogP contribution in [-0.4, -0.2) is 43.5 Å². The molecule has 1 aliphatic heterocycles. The van der Waals surface area contributed by atoms with E-state index in [9.17, 15) is 19.2 Å². The zero-order valence-corrected chi connectivity index (χ0v) is 16.7. The minimum absolute atomic E-state index is 0.0857. The fourth-order valence-electron chi connectivity index (χ4n) is 2.78. The van der Waals surface area contributed by atoms with Crippen LogP contribution < -0.4 is 20.1 Å². The van der Waals surface area contributed by atoms with Gasteiger partial charge in [0.1, 0.15) is 13.2 Å². The van der Waals surface area contributed by atoms with E-state index in [1.165, 1.54) is 0 Å². The van der Waals surface area contributed by atoms with Crippen LogP contribution in [0.25, 0.3) is 0 Å². The Hall–Kier alpha value is -3.88. The number of nitrogens with one attached hydrogen (secondary N) is 2. The summed E-state index contributed by atoms with van der Waals surface area (Å²) in [6, 6.07) is 13.3. The minimum Gasteiger partial charge on any atom is -0.486 e. The van der Waals surface area contributed by atoms with Gasteiger partial charge in [0, 0.05) is 18.5 Å². The number of esters is 1. The van der Waals surface area contributed by atoms with E-state index in [0.29, 0.717) is 30.3 Å². The molecule has 0 radical (unpaired) electrons. The van der Waals surface area contributed by atoms with Gasteiger partial charge in [-0.1, -0.05) is 30.3 Å². The molecule has 31 heavy (non-hydrogen) atoms. The molecule has 3 amide bonds. The average Bonchev–Trinajstić information content (AvgIpc) is 2.80. The number of imide groups is 1. The van der Waals surface area contributed by atoms with Gasteiger partial charge < -0.3 is 19.5 Å². The van der Waals surface area contributed by atoms with E-state index in [-0.39, 0.29) is 25.2 Å². The van der Waals surface area contributed by atoms with Gasteiger partial charge in [0.25, 0.3) is 5.91 Å². The second-order valence-corrected chi connectivity index (χ2v) is 6.66. The molecule has 0 atom stereocenters. The Balaban J connectivity index is 1.34. The monoisotopic (exact) mass is 426 g/mol. The molecule has 2 aromatic carbocycles. The summed E-state index contributed by atoms with van der Waals surface area (Å²) in [5.41, 5.74) is 1.27. The molecule has 2 N–H and O–H groups in total. The van der Waals surface area contributed by atoms with Crippen LogP contribution in [0.4, 0.5) is 4.79 Å². The van der Waals surface area contributed by atoms with Crippen LogP contribution in [0, 0.1) is 0 Å². The average molecular weight is 426 g/mol. The molecule has 0 bridgehead atoms. The summed E-state index contributed by atoms with van der Waals surface area (Å²) < 4.78 is 15.6. The number of hydrogen-bond acceptors (Lipinski definition) is 7. The van der Waals surface area contributed by atoms with Gasteiger partial charge in [-0.2, -0.15) is 0 Å². The first-order valence-corrected chi connectivity index (χ1v) is 9.71. The van der Waals surface area contributed by atoms with Crippen molar-refractivity contribution in [2.24, 2.45) is 0 Å². The van der Waals surface area contributed by atoms with Crippen molar-refractivity contribution >= 4 is 23.7 Å². The smallest absolute Gasteiger partial charge is 0.321 e. The number of ether oxygens (including phenoxy) is 3. The third-order valence-electron chi connectivity index (χ3n) is 4.33. The second kappa shape index (κ2) is 10.8. The molecule has 0 unspecified atom stereocenters. The highest BCUT2D eigenvalue weighted by atomic mass is 16.6. The van der Waals surface area contributed by atoms with E-state index >= 15 is 0 Å². The first kappa shape index (κ1) is 21.8. The summed E-state index contributed by atoms with van der Waals surface area (Å²) in [6.45, 7) is 0.495. The summed E-state index contributed by atoms with van der Waals surface area (Å²) in [4.78, 5) is 47.5. The van der Waals surface area contributed by atoms with Gasteiger partial charge in [-0.25, -0.2) is 4.79 Å². The Labute approximate surface area is 178 Å². The van der Waals surface area contributed by atoms with Crippen molar-refractivity contribution < 1.29 is 33.4 Å². The number of urea groups is 1. The lowest BCUT2D eigenvalue weighted by Gasteiger charge is -2.18. The van der Waals surface area contributed by atoms with Crippen molar-refractivity contribution in [1.29, 1.82) is 0 Å². The lowest BCUT2D eigenvalue weighted by atomic mass is 10.1. The number of carbonyl (C=O) groups excluding carboxylic acids is 4. The van der Waals surface area contributed by atoms with Gasteiger partial charge in [-0.3, -0.25) is 19.7 Å². The number of amides is 3. The number of carbonyl (C=O) groups is 4. The van der Waals surface area contributed by atoms with Gasteiger partial charge in [0.05, 0.1) is 6.42 Å². The van der Waals surface area contributed by atoms with Crippen LogP contribution >= 0.6 is 0 Å². The Morgan fingerprint density at radius 3 is 2.42 bits per heavy atom. The maximum Gasteiger partial charge on any atom is 0.321 e. The molecule has 0 fully saturated rings. The quantitative estimate of drug-likeness (QED) is 0.489. The van der Waals surface area contributed by atoms with Crippen LogP contribution in [0.15, 0.2) is 48.5 Å². The van der Waals surface area contributed by atoms with Crippen LogP contribution in [0.1, 0.15) is 28.8 Å². The van der Waals surface area contributed by atoms with Crippen LogP contribution in [0.2, 0.25) is 0 Å². The standard InChI is InChI=1S/C22H22N2O7/c25-17(16-6-8-18-19(12-16)30-11-10-29-18)7-9-21(27)31-14-20(26)24-22(28)23-13-15-4-2-1-3-5-15/h1-6,8,12H,7,9-11,13-14H2,(H2,23,24,26,28). The van der Waals surface area contributed by atoms with Crippen molar-refractivity contribution in [3.63, 3.8) is 0 Å². The third kappa shape index (κ3) is 6.84. The number of hydrogen-bond donors (Lipinski definition) is 2. The fraction of sp³-hybridized carbons (Fsp3) is 0.273. The van der Waals surface area contributed by atoms with Gasteiger partial charge in [0.15, 0.2) is 23.9 Å². The summed E-state index contributed by atoms with van der Waals surface area (Å²) in [7, 11) is 0. The SMILES string of the molecule is O=C(COC(=O)CCC(=O)c1ccc2c(c1)OCCO2)NC(=O)NCc1ccccc1. The van der Waals surface area contributed by atoms with Crippen LogP contribution in [0.3, 0.4) is 0 Å². The number of fused-ring (bicyclic) bond motifs is 1. The molecule has 0 aliphatic carbocycles. The Bertz CT molecular complexity index is 960. The van der Waals surface area contributed by atoms with E-state index in [1.54, 1.807) is 18.2 Å². The van der Waals surface area contributed by atoms with E-state index < -0.39 is 24.5 Å². The van der Waals surface area contributed by atoms with E-state index in [1.807, 2.05) is 30.3 Å². The maximum atomic E-state index is 12.3. The van der Waals surface area contributed by atoms with Crippen molar-refractivity contribution in [3.8, 4) is 11.5 Å². The zero-order valence-electron chi connectivity index (χ0n) is 16.7. The first-order chi connectivity index (χ1) is 15.0. The highest BCUT2D eigenvalue weighted by molar-refractivity contribution is 5.98. The number of Topliss-reactive ketones (excluding diaryl/α,β-unsaturated/α-hetero) is 1. The highest BCUT2D eigenvalue weighted by Gasteiger charge is 2.17. The zero-order chi connectivity index (χ0) is 22.1. The van der Waals surface area contributed by atoms with E-state index in [0.717, 1.165) is 5.56 Å². The van der Waals surface area contributed by atoms with Crippen molar-refractivity contribution in [2.45, 2.75) is 19.4 Å². The molecule has 0 aromatic heterocycles. The first-order valence-electron chi connectivity index (χ1n) is 9.71. The van der Waals surface area contributed by atoms with E-state index in [2.05, 4.69) is 10.6 Å². The van der Waals surface area contributed by atoms with E-state index in [4.69, 9.17) is 14.2 Å². The molecule has 1 heterocycles. The van der Waals surface area contributed by atoms with Crippen LogP contribution in [0.5, 0.6) is 11.5 Å². The van der Waals surface area contributed by atoms with Crippen molar-refractivity contribution in [1.82, 2.24) is 10.6 Å². The van der Waals surface area contributed by atoms with Crippen molar-refractivity contribution in [3.05, 3.63) is 59.7 Å². The number of rotatable bonds is 8. The van der Waals surface area contributed by atoms with Gasteiger partial charge >= 0.3 is 12.0 Å². The molecule has 0 spiro atoms. The molecule has 1 aliphatic rings. The molecule has 3 rings (SSSR count). The van der Waals surface area contributed by atoms with Gasteiger partial charge in [-0.15, -0.1) is 0 Å². The number of ketones is 1. The molecule has 162 valence electrons. The largest absolute Gasteiger partial charge is 0.486 e. The molecule has 0 saturated carbocycles. The maximum absolute atomic E-state index is 12.3. The molecule has 2 aromatic rings. The Morgan fingerprint density at radius 1 is 0.903 bits per heavy atom. The Morgan fingerprint density at radius 2 is 1.65 bits per heavy atom. The lowest BCUT2D eigenvalue weighted by molar-refractivity contribution is -0.148. The Kier molecular flexibility index (Phi) is 7.58. The predicted molar refractivity (Wildman–Crippen MR) is 109 cm³/mol. The summed E-state index contributed by atoms with van der Waals surface area (Å²) in [5, 5.41) is 4.59. The minimum atomic E-state index is -0.767. The molecular formula is C22H22N2O7. The van der Waals surface area contributed by atoms with Crippen LogP contribution in [-0.2, 0) is 20.9 Å². The summed E-state index contributed by atoms with van der Waals surface area (Å²) in [5.74, 6) is -0.690. The second-order valence-electron chi connectivity index (χ2n) is 6.66. The summed E-state index contributed by atoms with van der Waals surface area (Å²) >= 11 is 0.